The van der Waals surface area contributed by atoms with Gasteiger partial charge in [0, 0.05) is 13.1 Å². The number of nitrogens with one attached hydrogen (secondary N) is 1. The molecule has 2 fully saturated rings. The molecule has 0 spiro atoms. The Morgan fingerprint density at radius 3 is 2.23 bits per heavy atom. The molecule has 0 atom stereocenters. The molecule has 72 valence electrons. The second-order valence-corrected chi connectivity index (χ2v) is 3.66. The van der Waals surface area contributed by atoms with E-state index in [4.69, 9.17) is 5.11 Å². The SMILES string of the molecule is O=C(NC1(C(=O)O)CC1)N1CCC1. The molecule has 0 aromatic carbocycles. The number of amides is 2. The van der Waals surface area contributed by atoms with Crippen molar-refractivity contribution in [2.75, 3.05) is 13.1 Å². The summed E-state index contributed by atoms with van der Waals surface area (Å²) in [5.74, 6) is -0.915. The van der Waals surface area contributed by atoms with Crippen LogP contribution in [-0.4, -0.2) is 40.6 Å². The maximum atomic E-state index is 11.3. The van der Waals surface area contributed by atoms with Gasteiger partial charge in [-0.25, -0.2) is 9.59 Å². The first-order chi connectivity index (χ1) is 6.14. The molecule has 5 heteroatoms. The lowest BCUT2D eigenvalue weighted by atomic mass is 10.2. The fourth-order valence-corrected chi connectivity index (χ4v) is 1.32. The van der Waals surface area contributed by atoms with Crippen molar-refractivity contribution in [3.05, 3.63) is 0 Å². The maximum absolute atomic E-state index is 11.3. The van der Waals surface area contributed by atoms with Crippen LogP contribution in [0.15, 0.2) is 0 Å². The molecule has 0 radical (unpaired) electrons. The van der Waals surface area contributed by atoms with Crippen molar-refractivity contribution in [3.8, 4) is 0 Å². The van der Waals surface area contributed by atoms with Crippen molar-refractivity contribution in [2.24, 2.45) is 0 Å². The lowest BCUT2D eigenvalue weighted by Crippen LogP contribution is -2.53. The van der Waals surface area contributed by atoms with Crippen LogP contribution >= 0.6 is 0 Å². The first-order valence-electron chi connectivity index (χ1n) is 4.45. The van der Waals surface area contributed by atoms with Crippen LogP contribution in [0.25, 0.3) is 0 Å². The van der Waals surface area contributed by atoms with Crippen molar-refractivity contribution in [2.45, 2.75) is 24.8 Å². The normalized spacial score (nSPS) is 23.2. The summed E-state index contributed by atoms with van der Waals surface area (Å²) < 4.78 is 0. The van der Waals surface area contributed by atoms with Crippen LogP contribution in [0.1, 0.15) is 19.3 Å². The number of hydrogen-bond acceptors (Lipinski definition) is 2. The van der Waals surface area contributed by atoms with Crippen molar-refractivity contribution in [1.29, 1.82) is 0 Å². The Kier molecular flexibility index (Phi) is 1.68. The average molecular weight is 184 g/mol. The third-order valence-electron chi connectivity index (χ3n) is 2.65. The molecule has 2 amide bonds. The summed E-state index contributed by atoms with van der Waals surface area (Å²) in [5.41, 5.74) is -0.938. The number of rotatable bonds is 2. The number of carbonyl (C=O) groups excluding carboxylic acids is 1. The minimum atomic E-state index is -0.938. The van der Waals surface area contributed by atoms with Gasteiger partial charge in [-0.05, 0) is 19.3 Å². The first kappa shape index (κ1) is 8.34. The molecule has 1 aliphatic heterocycles. The molecule has 5 nitrogen and oxygen atoms in total. The van der Waals surface area contributed by atoms with Gasteiger partial charge >= 0.3 is 12.0 Å². The Morgan fingerprint density at radius 1 is 1.31 bits per heavy atom. The number of urea groups is 1. The Labute approximate surface area is 75.7 Å². The molecule has 0 aromatic rings. The van der Waals surface area contributed by atoms with E-state index < -0.39 is 11.5 Å². The number of nitrogens with zero attached hydrogens (tertiary/aromatic N) is 1. The third kappa shape index (κ3) is 1.34. The van der Waals surface area contributed by atoms with Gasteiger partial charge in [0.2, 0.25) is 0 Å². The zero-order valence-corrected chi connectivity index (χ0v) is 7.25. The number of carbonyl (C=O) groups is 2. The van der Waals surface area contributed by atoms with E-state index >= 15 is 0 Å². The maximum Gasteiger partial charge on any atom is 0.329 e. The van der Waals surface area contributed by atoms with E-state index in [0.717, 1.165) is 19.5 Å². The Balaban J connectivity index is 1.90. The van der Waals surface area contributed by atoms with Gasteiger partial charge in [0.25, 0.3) is 0 Å². The number of aliphatic carboxylic acids is 1. The summed E-state index contributed by atoms with van der Waals surface area (Å²) in [7, 11) is 0. The highest BCUT2D eigenvalue weighted by Gasteiger charge is 2.52. The van der Waals surface area contributed by atoms with Gasteiger partial charge in [-0.3, -0.25) is 0 Å². The van der Waals surface area contributed by atoms with E-state index in [0.29, 0.717) is 12.8 Å². The predicted octanol–water partition coefficient (Wildman–Crippen LogP) is 0.0189. The van der Waals surface area contributed by atoms with Crippen LogP contribution in [-0.2, 0) is 4.79 Å². The van der Waals surface area contributed by atoms with E-state index in [1.54, 1.807) is 4.90 Å². The van der Waals surface area contributed by atoms with E-state index in [1.807, 2.05) is 0 Å². The topological polar surface area (TPSA) is 69.6 Å². The lowest BCUT2D eigenvalue weighted by molar-refractivity contribution is -0.140. The third-order valence-corrected chi connectivity index (χ3v) is 2.65. The average Bonchev–Trinajstić information content (AvgIpc) is 2.64. The number of carboxylic acids is 1. The highest BCUT2D eigenvalue weighted by Crippen LogP contribution is 2.35. The van der Waals surface area contributed by atoms with Crippen LogP contribution in [0.3, 0.4) is 0 Å². The van der Waals surface area contributed by atoms with Crippen molar-refractivity contribution in [1.82, 2.24) is 10.2 Å². The monoisotopic (exact) mass is 184 g/mol. The molecule has 2 rings (SSSR count). The second kappa shape index (κ2) is 2.61. The molecule has 1 aliphatic carbocycles. The summed E-state index contributed by atoms with van der Waals surface area (Å²) in [6.45, 7) is 1.50. The van der Waals surface area contributed by atoms with Crippen molar-refractivity contribution >= 4 is 12.0 Å². The van der Waals surface area contributed by atoms with E-state index in [2.05, 4.69) is 5.32 Å². The molecule has 2 N–H and O–H groups in total. The minimum absolute atomic E-state index is 0.230. The van der Waals surface area contributed by atoms with Gasteiger partial charge in [0.05, 0.1) is 0 Å². The molecule has 2 aliphatic rings. The minimum Gasteiger partial charge on any atom is -0.480 e. The van der Waals surface area contributed by atoms with Crippen LogP contribution in [0.5, 0.6) is 0 Å². The zero-order valence-electron chi connectivity index (χ0n) is 7.25. The molecule has 0 bridgehead atoms. The van der Waals surface area contributed by atoms with Crippen LogP contribution in [0, 0.1) is 0 Å². The summed E-state index contributed by atoms with van der Waals surface area (Å²) >= 11 is 0. The smallest absolute Gasteiger partial charge is 0.329 e. The van der Waals surface area contributed by atoms with Gasteiger partial charge in [-0.1, -0.05) is 0 Å². The molecule has 1 saturated heterocycles. The van der Waals surface area contributed by atoms with Crippen LogP contribution in [0.2, 0.25) is 0 Å². The summed E-state index contributed by atoms with van der Waals surface area (Å²) in [6, 6.07) is -0.230. The second-order valence-electron chi connectivity index (χ2n) is 3.66. The predicted molar refractivity (Wildman–Crippen MR) is 44.3 cm³/mol. The lowest BCUT2D eigenvalue weighted by Gasteiger charge is -2.32. The summed E-state index contributed by atoms with van der Waals surface area (Å²) in [4.78, 5) is 23.7. The molecule has 0 unspecified atom stereocenters. The Morgan fingerprint density at radius 2 is 1.92 bits per heavy atom. The molecule has 13 heavy (non-hydrogen) atoms. The van der Waals surface area contributed by atoms with Gasteiger partial charge in [0.15, 0.2) is 0 Å². The van der Waals surface area contributed by atoms with E-state index in [1.165, 1.54) is 0 Å². The zero-order chi connectivity index (χ0) is 9.47. The molecular weight excluding hydrogens is 172 g/mol. The molecule has 1 saturated carbocycles. The number of hydrogen-bond donors (Lipinski definition) is 2. The Bertz CT molecular complexity index is 256. The quantitative estimate of drug-likeness (QED) is 0.635. The highest BCUT2D eigenvalue weighted by molar-refractivity contribution is 5.89. The fraction of sp³-hybridized carbons (Fsp3) is 0.750. The molecular formula is C8H12N2O3. The fourth-order valence-electron chi connectivity index (χ4n) is 1.32. The van der Waals surface area contributed by atoms with Crippen LogP contribution < -0.4 is 5.32 Å². The standard InChI is InChI=1S/C8H12N2O3/c11-6(12)8(2-3-8)9-7(13)10-4-1-5-10/h1-5H2,(H,9,13)(H,11,12). The van der Waals surface area contributed by atoms with Gasteiger partial charge < -0.3 is 15.3 Å². The largest absolute Gasteiger partial charge is 0.480 e. The van der Waals surface area contributed by atoms with Gasteiger partial charge in [-0.2, -0.15) is 0 Å². The highest BCUT2D eigenvalue weighted by atomic mass is 16.4. The van der Waals surface area contributed by atoms with Gasteiger partial charge in [-0.15, -0.1) is 0 Å². The van der Waals surface area contributed by atoms with E-state index in [-0.39, 0.29) is 6.03 Å². The van der Waals surface area contributed by atoms with E-state index in [9.17, 15) is 9.59 Å². The first-order valence-corrected chi connectivity index (χ1v) is 4.45. The molecule has 0 aromatic heterocycles. The Hall–Kier alpha value is -1.26. The number of likely N-dealkylation sites (tertiary alicyclic amines) is 1. The summed E-state index contributed by atoms with van der Waals surface area (Å²) in [5, 5.41) is 11.3. The van der Waals surface area contributed by atoms with Crippen molar-refractivity contribution < 1.29 is 14.7 Å². The molecule has 1 heterocycles. The summed E-state index contributed by atoms with van der Waals surface area (Å²) in [6.07, 6.45) is 2.14. The van der Waals surface area contributed by atoms with Gasteiger partial charge in [0.1, 0.15) is 5.54 Å². The number of carboxylic acid groups (broad SMARTS) is 1. The van der Waals surface area contributed by atoms with Crippen molar-refractivity contribution in [3.63, 3.8) is 0 Å². The van der Waals surface area contributed by atoms with Crippen LogP contribution in [0.4, 0.5) is 4.79 Å².